The molecule has 0 aliphatic carbocycles. The number of ether oxygens (including phenoxy) is 1. The quantitative estimate of drug-likeness (QED) is 0.522. The fourth-order valence-electron chi connectivity index (χ4n) is 3.09. The van der Waals surface area contributed by atoms with Gasteiger partial charge < -0.3 is 10.5 Å². The molecule has 1 aliphatic rings. The van der Waals surface area contributed by atoms with E-state index in [4.69, 9.17) is 10.5 Å². The van der Waals surface area contributed by atoms with Crippen molar-refractivity contribution in [2.75, 3.05) is 26.2 Å². The average Bonchev–Trinajstić information content (AvgIpc) is 2.47. The van der Waals surface area contributed by atoms with E-state index in [1.54, 1.807) is 0 Å². The fourth-order valence-corrected chi connectivity index (χ4v) is 3.09. The summed E-state index contributed by atoms with van der Waals surface area (Å²) in [5.41, 5.74) is 5.91. The van der Waals surface area contributed by atoms with Crippen LogP contribution in [0.3, 0.4) is 0 Å². The lowest BCUT2D eigenvalue weighted by atomic mass is 9.88. The number of nitrogens with two attached hydrogens (primary N) is 1. The van der Waals surface area contributed by atoms with Crippen molar-refractivity contribution in [2.24, 2.45) is 11.7 Å². The summed E-state index contributed by atoms with van der Waals surface area (Å²) in [4.78, 5) is 13.8. The van der Waals surface area contributed by atoms with Crippen molar-refractivity contribution in [1.82, 2.24) is 4.90 Å². The van der Waals surface area contributed by atoms with Gasteiger partial charge in [0.25, 0.3) is 0 Å². The largest absolute Gasteiger partial charge is 0.466 e. The zero-order valence-corrected chi connectivity index (χ0v) is 13.3. The molecule has 1 fully saturated rings. The molecule has 4 heteroatoms. The lowest BCUT2D eigenvalue weighted by molar-refractivity contribution is -0.143. The molecule has 0 aromatic carbocycles. The maximum atomic E-state index is 11.2. The second-order valence-electron chi connectivity index (χ2n) is 5.84. The van der Waals surface area contributed by atoms with Crippen LogP contribution in [-0.2, 0) is 9.53 Å². The minimum Gasteiger partial charge on any atom is -0.466 e. The van der Waals surface area contributed by atoms with Gasteiger partial charge in [-0.15, -0.1) is 0 Å². The van der Waals surface area contributed by atoms with Crippen molar-refractivity contribution in [3.63, 3.8) is 0 Å². The smallest absolute Gasteiger partial charge is 0.305 e. The van der Waals surface area contributed by atoms with Gasteiger partial charge in [0.2, 0.25) is 0 Å². The van der Waals surface area contributed by atoms with Gasteiger partial charge in [-0.1, -0.05) is 19.8 Å². The molecule has 0 spiro atoms. The molecule has 1 heterocycles. The van der Waals surface area contributed by atoms with Crippen LogP contribution in [0.2, 0.25) is 0 Å². The molecule has 2 atom stereocenters. The molecule has 0 amide bonds. The second-order valence-corrected chi connectivity index (χ2v) is 5.84. The van der Waals surface area contributed by atoms with Gasteiger partial charge in [0.15, 0.2) is 0 Å². The van der Waals surface area contributed by atoms with Crippen LogP contribution in [0.15, 0.2) is 0 Å². The first-order valence-corrected chi connectivity index (χ1v) is 8.30. The summed E-state index contributed by atoms with van der Waals surface area (Å²) in [5.74, 6) is 0.805. The topological polar surface area (TPSA) is 55.6 Å². The first kappa shape index (κ1) is 17.4. The third-order valence-electron chi connectivity index (χ3n) is 4.43. The van der Waals surface area contributed by atoms with Crippen molar-refractivity contribution in [3.8, 4) is 0 Å². The first-order chi connectivity index (χ1) is 9.71. The van der Waals surface area contributed by atoms with Crippen LogP contribution in [0.4, 0.5) is 0 Å². The molecular weight excluding hydrogens is 252 g/mol. The maximum Gasteiger partial charge on any atom is 0.305 e. The van der Waals surface area contributed by atoms with E-state index < -0.39 is 0 Å². The van der Waals surface area contributed by atoms with E-state index >= 15 is 0 Å². The Morgan fingerprint density at radius 2 is 2.10 bits per heavy atom. The lowest BCUT2D eigenvalue weighted by Crippen LogP contribution is -2.46. The number of hydrogen-bond acceptors (Lipinski definition) is 4. The minimum atomic E-state index is -0.0592. The molecule has 118 valence electrons. The Morgan fingerprint density at radius 1 is 1.30 bits per heavy atom. The Kier molecular flexibility index (Phi) is 8.86. The Bertz CT molecular complexity index is 271. The van der Waals surface area contributed by atoms with E-state index in [9.17, 15) is 4.79 Å². The molecule has 1 aliphatic heterocycles. The van der Waals surface area contributed by atoms with Crippen LogP contribution in [0.25, 0.3) is 0 Å². The van der Waals surface area contributed by atoms with Gasteiger partial charge in [-0.05, 0) is 51.6 Å². The molecule has 1 rings (SSSR count). The van der Waals surface area contributed by atoms with Gasteiger partial charge >= 0.3 is 5.97 Å². The Hall–Kier alpha value is -0.610. The summed E-state index contributed by atoms with van der Waals surface area (Å²) in [5, 5.41) is 0. The SMILES string of the molecule is CCOC(=O)CCCCCN1CCC(CC)CC1CN. The number of esters is 1. The molecule has 0 saturated carbocycles. The minimum absolute atomic E-state index is 0.0592. The Morgan fingerprint density at radius 3 is 2.75 bits per heavy atom. The summed E-state index contributed by atoms with van der Waals surface area (Å²) in [6.07, 6.45) is 7.62. The van der Waals surface area contributed by atoms with Crippen LogP contribution >= 0.6 is 0 Å². The summed E-state index contributed by atoms with van der Waals surface area (Å²) in [7, 11) is 0. The Balaban J connectivity index is 2.13. The van der Waals surface area contributed by atoms with Gasteiger partial charge in [0, 0.05) is 19.0 Å². The monoisotopic (exact) mass is 284 g/mol. The van der Waals surface area contributed by atoms with Gasteiger partial charge in [-0.2, -0.15) is 0 Å². The van der Waals surface area contributed by atoms with E-state index in [2.05, 4.69) is 11.8 Å². The highest BCUT2D eigenvalue weighted by atomic mass is 16.5. The van der Waals surface area contributed by atoms with Gasteiger partial charge in [0.05, 0.1) is 6.61 Å². The van der Waals surface area contributed by atoms with E-state index in [1.165, 1.54) is 25.8 Å². The number of unbranched alkanes of at least 4 members (excludes halogenated alkanes) is 2. The van der Waals surface area contributed by atoms with Crippen molar-refractivity contribution < 1.29 is 9.53 Å². The maximum absolute atomic E-state index is 11.2. The molecule has 1 saturated heterocycles. The van der Waals surface area contributed by atoms with Gasteiger partial charge in [-0.25, -0.2) is 0 Å². The summed E-state index contributed by atoms with van der Waals surface area (Å²) in [6.45, 7) is 7.72. The van der Waals surface area contributed by atoms with E-state index in [1.807, 2.05) is 6.92 Å². The summed E-state index contributed by atoms with van der Waals surface area (Å²) < 4.78 is 4.93. The predicted molar refractivity (Wildman–Crippen MR) is 82.5 cm³/mol. The van der Waals surface area contributed by atoms with Crippen molar-refractivity contribution >= 4 is 5.97 Å². The number of likely N-dealkylation sites (tertiary alicyclic amines) is 1. The number of piperidine rings is 1. The third kappa shape index (κ3) is 6.23. The summed E-state index contributed by atoms with van der Waals surface area (Å²) in [6, 6.07) is 0.568. The van der Waals surface area contributed by atoms with Crippen LogP contribution < -0.4 is 5.73 Å². The molecule has 0 aromatic heterocycles. The van der Waals surface area contributed by atoms with E-state index in [-0.39, 0.29) is 5.97 Å². The molecule has 2 N–H and O–H groups in total. The standard InChI is InChI=1S/C16H32N2O2/c1-3-14-9-11-18(15(12-14)13-17)10-7-5-6-8-16(19)20-4-2/h14-15H,3-13,17H2,1-2H3. The average molecular weight is 284 g/mol. The van der Waals surface area contributed by atoms with E-state index in [0.717, 1.165) is 38.3 Å². The zero-order chi connectivity index (χ0) is 14.8. The predicted octanol–water partition coefficient (Wildman–Crippen LogP) is 2.56. The normalized spacial score (nSPS) is 23.8. The van der Waals surface area contributed by atoms with Crippen molar-refractivity contribution in [3.05, 3.63) is 0 Å². The van der Waals surface area contributed by atoms with Crippen LogP contribution in [0.1, 0.15) is 58.8 Å². The van der Waals surface area contributed by atoms with Gasteiger partial charge in [-0.3, -0.25) is 9.69 Å². The molecule has 0 bridgehead atoms. The highest BCUT2D eigenvalue weighted by Crippen LogP contribution is 2.25. The number of rotatable bonds is 9. The molecular formula is C16H32N2O2. The Labute approximate surface area is 124 Å². The van der Waals surface area contributed by atoms with Crippen LogP contribution in [-0.4, -0.2) is 43.2 Å². The number of nitrogens with zero attached hydrogens (tertiary/aromatic N) is 1. The molecule has 4 nitrogen and oxygen atoms in total. The fraction of sp³-hybridized carbons (Fsp3) is 0.938. The van der Waals surface area contributed by atoms with Crippen molar-refractivity contribution in [2.45, 2.75) is 64.8 Å². The van der Waals surface area contributed by atoms with Crippen molar-refractivity contribution in [1.29, 1.82) is 0 Å². The van der Waals surface area contributed by atoms with Gasteiger partial charge in [0.1, 0.15) is 0 Å². The number of hydrogen-bond donors (Lipinski definition) is 1. The van der Waals surface area contributed by atoms with Crippen LogP contribution in [0, 0.1) is 5.92 Å². The zero-order valence-electron chi connectivity index (χ0n) is 13.3. The molecule has 0 aromatic rings. The third-order valence-corrected chi connectivity index (χ3v) is 4.43. The second kappa shape index (κ2) is 10.2. The number of carbonyl (C=O) groups excluding carboxylic acids is 1. The molecule has 20 heavy (non-hydrogen) atoms. The lowest BCUT2D eigenvalue weighted by Gasteiger charge is -2.38. The highest BCUT2D eigenvalue weighted by Gasteiger charge is 2.25. The molecule has 2 unspecified atom stereocenters. The summed E-state index contributed by atoms with van der Waals surface area (Å²) >= 11 is 0. The van der Waals surface area contributed by atoms with Crippen LogP contribution in [0.5, 0.6) is 0 Å². The first-order valence-electron chi connectivity index (χ1n) is 8.30. The molecule has 0 radical (unpaired) electrons. The highest BCUT2D eigenvalue weighted by molar-refractivity contribution is 5.69. The number of carbonyl (C=O) groups is 1. The van der Waals surface area contributed by atoms with E-state index in [0.29, 0.717) is 19.1 Å².